The molecular weight excluding hydrogens is 508 g/mol. The van der Waals surface area contributed by atoms with Crippen LogP contribution in [0.25, 0.3) is 21.7 Å². The molecule has 1 aliphatic carbocycles. The van der Waals surface area contributed by atoms with Crippen molar-refractivity contribution in [2.45, 2.75) is 45.4 Å². The van der Waals surface area contributed by atoms with Gasteiger partial charge in [0.1, 0.15) is 4.88 Å². The monoisotopic (exact) mass is 540 g/mol. The summed E-state index contributed by atoms with van der Waals surface area (Å²) >= 11 is 1.34. The van der Waals surface area contributed by atoms with Crippen molar-refractivity contribution in [2.75, 3.05) is 13.1 Å². The summed E-state index contributed by atoms with van der Waals surface area (Å²) in [7, 11) is 0. The summed E-state index contributed by atoms with van der Waals surface area (Å²) in [5, 5.41) is 14.6. The number of thiophene rings is 1. The Morgan fingerprint density at radius 1 is 1.05 bits per heavy atom. The number of fused-ring (bicyclic) bond motifs is 1. The van der Waals surface area contributed by atoms with E-state index in [1.165, 1.54) is 16.9 Å². The molecule has 0 atom stereocenters. The van der Waals surface area contributed by atoms with Crippen LogP contribution in [-0.2, 0) is 11.2 Å². The number of amides is 1. The van der Waals surface area contributed by atoms with Gasteiger partial charge in [0.05, 0.1) is 6.42 Å². The highest BCUT2D eigenvalue weighted by Gasteiger charge is 2.32. The van der Waals surface area contributed by atoms with E-state index in [1.807, 2.05) is 59.6 Å². The molecule has 0 spiro atoms. The third kappa shape index (κ3) is 5.26. The fourth-order valence-corrected chi connectivity index (χ4v) is 7.04. The highest BCUT2D eigenvalue weighted by Crippen LogP contribution is 2.43. The Labute approximate surface area is 231 Å². The second-order valence-electron chi connectivity index (χ2n) is 10.8. The molecule has 1 aliphatic heterocycles. The second kappa shape index (κ2) is 10.8. The Bertz CT molecular complexity index is 1510. The second-order valence-corrected chi connectivity index (χ2v) is 11.8. The van der Waals surface area contributed by atoms with Crippen LogP contribution >= 0.6 is 11.3 Å². The zero-order valence-corrected chi connectivity index (χ0v) is 22.9. The first-order chi connectivity index (χ1) is 19.0. The predicted octanol–water partition coefficient (Wildman–Crippen LogP) is 6.21. The van der Waals surface area contributed by atoms with Gasteiger partial charge in [-0.2, -0.15) is 5.10 Å². The van der Waals surface area contributed by atoms with Crippen molar-refractivity contribution in [1.82, 2.24) is 19.5 Å². The van der Waals surface area contributed by atoms with Crippen LogP contribution in [0.15, 0.2) is 66.4 Å². The van der Waals surface area contributed by atoms with E-state index in [4.69, 9.17) is 0 Å². The third-order valence-electron chi connectivity index (χ3n) is 8.15. The summed E-state index contributed by atoms with van der Waals surface area (Å²) in [6, 6.07) is 17.7. The smallest absolute Gasteiger partial charge is 0.346 e. The fraction of sp³-hybridized carbons (Fsp3) is 0.355. The number of pyridine rings is 1. The molecule has 1 saturated carbocycles. The molecule has 1 amide bonds. The molecule has 1 N–H and O–H groups in total. The standard InChI is InChI=1S/C31H32N4O3S/c1-20-10-12-21(13-11-20)25-19-34(29(36)18-27-32-28-9-5-6-15-35(28)33-27)16-14-23(25)24-17-26(39-30(24)31(37)38)22-7-3-2-4-8-22/h2-9,15,17,20-21H,10-14,16,18-19H2,1H3,(H,37,38). The van der Waals surface area contributed by atoms with Crippen LogP contribution in [0.4, 0.5) is 0 Å². The van der Waals surface area contributed by atoms with Crippen molar-refractivity contribution in [3.05, 3.63) is 82.6 Å². The van der Waals surface area contributed by atoms with Gasteiger partial charge in [0.2, 0.25) is 5.91 Å². The molecule has 200 valence electrons. The van der Waals surface area contributed by atoms with Gasteiger partial charge in [0.15, 0.2) is 11.5 Å². The lowest BCUT2D eigenvalue weighted by Gasteiger charge is -2.37. The summed E-state index contributed by atoms with van der Waals surface area (Å²) in [4.78, 5) is 33.6. The molecule has 7 nitrogen and oxygen atoms in total. The van der Waals surface area contributed by atoms with E-state index in [-0.39, 0.29) is 12.3 Å². The highest BCUT2D eigenvalue weighted by atomic mass is 32.1. The molecule has 0 unspecified atom stereocenters. The van der Waals surface area contributed by atoms with Crippen molar-refractivity contribution >= 4 is 34.4 Å². The Hall–Kier alpha value is -3.78. The number of aromatic carboxylic acids is 1. The molecule has 2 aliphatic rings. The lowest BCUT2D eigenvalue weighted by molar-refractivity contribution is -0.130. The maximum atomic E-state index is 13.5. The van der Waals surface area contributed by atoms with Crippen LogP contribution in [0.2, 0.25) is 0 Å². The number of carbonyl (C=O) groups is 2. The van der Waals surface area contributed by atoms with Crippen molar-refractivity contribution in [3.63, 3.8) is 0 Å². The van der Waals surface area contributed by atoms with Gasteiger partial charge in [-0.25, -0.2) is 14.3 Å². The summed E-state index contributed by atoms with van der Waals surface area (Å²) in [5.74, 6) is 0.709. The van der Waals surface area contributed by atoms with Crippen LogP contribution in [-0.4, -0.2) is 49.6 Å². The van der Waals surface area contributed by atoms with Gasteiger partial charge in [0.25, 0.3) is 0 Å². The number of hydrogen-bond donors (Lipinski definition) is 1. The van der Waals surface area contributed by atoms with Gasteiger partial charge in [-0.3, -0.25) is 4.79 Å². The van der Waals surface area contributed by atoms with Crippen LogP contribution in [0, 0.1) is 11.8 Å². The number of rotatable bonds is 6. The van der Waals surface area contributed by atoms with Gasteiger partial charge in [0, 0.05) is 29.7 Å². The Morgan fingerprint density at radius 3 is 2.56 bits per heavy atom. The molecule has 3 aromatic heterocycles. The lowest BCUT2D eigenvalue weighted by atomic mass is 9.75. The van der Waals surface area contributed by atoms with Crippen LogP contribution in [0.3, 0.4) is 0 Å². The lowest BCUT2D eigenvalue weighted by Crippen LogP contribution is -2.40. The third-order valence-corrected chi connectivity index (χ3v) is 9.32. The topological polar surface area (TPSA) is 87.8 Å². The summed E-state index contributed by atoms with van der Waals surface area (Å²) < 4.78 is 1.69. The zero-order valence-electron chi connectivity index (χ0n) is 22.0. The molecule has 1 aromatic carbocycles. The Morgan fingerprint density at radius 2 is 1.82 bits per heavy atom. The van der Waals surface area contributed by atoms with Gasteiger partial charge in [-0.05, 0) is 66.0 Å². The molecule has 0 bridgehead atoms. The minimum atomic E-state index is -0.891. The molecule has 0 radical (unpaired) electrons. The molecule has 6 rings (SSSR count). The van der Waals surface area contributed by atoms with E-state index in [2.05, 4.69) is 23.1 Å². The molecule has 8 heteroatoms. The number of benzene rings is 1. The average molecular weight is 541 g/mol. The molecule has 4 aromatic rings. The van der Waals surface area contributed by atoms with E-state index in [1.54, 1.807) is 4.52 Å². The maximum absolute atomic E-state index is 13.5. The summed E-state index contributed by atoms with van der Waals surface area (Å²) in [5.41, 5.74) is 4.95. The van der Waals surface area contributed by atoms with E-state index >= 15 is 0 Å². The zero-order chi connectivity index (χ0) is 26.9. The molecule has 1 fully saturated rings. The summed E-state index contributed by atoms with van der Waals surface area (Å²) in [6.45, 7) is 3.40. The van der Waals surface area contributed by atoms with Gasteiger partial charge >= 0.3 is 5.97 Å². The molecule has 4 heterocycles. The first-order valence-electron chi connectivity index (χ1n) is 13.7. The van der Waals surface area contributed by atoms with E-state index in [0.717, 1.165) is 52.9 Å². The Balaban J connectivity index is 1.33. The first-order valence-corrected chi connectivity index (χ1v) is 14.5. The molecular formula is C31H32N4O3S. The van der Waals surface area contributed by atoms with Gasteiger partial charge in [-0.15, -0.1) is 11.3 Å². The minimum Gasteiger partial charge on any atom is -0.477 e. The summed E-state index contributed by atoms with van der Waals surface area (Å²) in [6.07, 6.45) is 7.11. The minimum absolute atomic E-state index is 0.0142. The Kier molecular flexibility index (Phi) is 7.04. The largest absolute Gasteiger partial charge is 0.477 e. The predicted molar refractivity (Wildman–Crippen MR) is 153 cm³/mol. The van der Waals surface area contributed by atoms with Crippen LogP contribution < -0.4 is 0 Å². The van der Waals surface area contributed by atoms with Crippen molar-refractivity contribution in [2.24, 2.45) is 11.8 Å². The number of carboxylic acids is 1. The van der Waals surface area contributed by atoms with E-state index < -0.39 is 5.97 Å². The average Bonchev–Trinajstić information content (AvgIpc) is 3.58. The SMILES string of the molecule is CC1CCC(C2=C(c3cc(-c4ccccc4)sc3C(=O)O)CCN(C(=O)Cc3nc4ccccn4n3)C2)CC1. The first kappa shape index (κ1) is 25.5. The van der Waals surface area contributed by atoms with Crippen LogP contribution in [0.1, 0.15) is 60.1 Å². The number of nitrogens with zero attached hydrogens (tertiary/aromatic N) is 4. The number of carbonyl (C=O) groups excluding carboxylic acids is 1. The van der Waals surface area contributed by atoms with Crippen molar-refractivity contribution in [3.8, 4) is 10.4 Å². The van der Waals surface area contributed by atoms with E-state index in [9.17, 15) is 14.7 Å². The molecule has 39 heavy (non-hydrogen) atoms. The van der Waals surface area contributed by atoms with Gasteiger partial charge in [-0.1, -0.05) is 56.2 Å². The van der Waals surface area contributed by atoms with Gasteiger partial charge < -0.3 is 10.0 Å². The molecule has 0 saturated heterocycles. The van der Waals surface area contributed by atoms with E-state index in [0.29, 0.717) is 42.0 Å². The number of carboxylic acid groups (broad SMARTS) is 1. The fourth-order valence-electron chi connectivity index (χ4n) is 6.01. The number of hydrogen-bond acceptors (Lipinski definition) is 5. The maximum Gasteiger partial charge on any atom is 0.346 e. The normalized spacial score (nSPS) is 20.0. The van der Waals surface area contributed by atoms with Crippen molar-refractivity contribution in [1.29, 1.82) is 0 Å². The highest BCUT2D eigenvalue weighted by molar-refractivity contribution is 7.17. The number of aromatic nitrogens is 3. The van der Waals surface area contributed by atoms with Crippen LogP contribution in [0.5, 0.6) is 0 Å². The quantitative estimate of drug-likeness (QED) is 0.314. The van der Waals surface area contributed by atoms with Crippen molar-refractivity contribution < 1.29 is 14.7 Å².